The molecule has 0 spiro atoms. The third-order valence-corrected chi connectivity index (χ3v) is 3.13. The fourth-order valence-corrected chi connectivity index (χ4v) is 2.06. The summed E-state index contributed by atoms with van der Waals surface area (Å²) < 4.78 is 0. The first kappa shape index (κ1) is 11.6. The molecule has 1 rings (SSSR count). The zero-order valence-electron chi connectivity index (χ0n) is 9.84. The molecule has 0 radical (unpaired) electrons. The Balaban J connectivity index is 2.23. The van der Waals surface area contributed by atoms with Crippen LogP contribution < -0.4 is 0 Å². The van der Waals surface area contributed by atoms with Gasteiger partial charge in [0.2, 0.25) is 0 Å². The minimum Gasteiger partial charge on any atom is -0.299 e. The molecule has 0 atom stereocenters. The molecule has 0 amide bonds. The lowest BCUT2D eigenvalue weighted by atomic mass is 9.81. The Kier molecular flexibility index (Phi) is 5.04. The highest BCUT2D eigenvalue weighted by molar-refractivity contribution is 5.06. The van der Waals surface area contributed by atoms with E-state index in [0.29, 0.717) is 5.92 Å². The maximum Gasteiger partial charge on any atom is 0.0596 e. The predicted molar refractivity (Wildman–Crippen MR) is 62.1 cm³/mol. The topological polar surface area (TPSA) is 3.24 Å². The van der Waals surface area contributed by atoms with Crippen molar-refractivity contribution in [2.45, 2.75) is 39.0 Å². The zero-order chi connectivity index (χ0) is 10.4. The molecule has 1 aliphatic rings. The quantitative estimate of drug-likeness (QED) is 0.610. The normalized spacial score (nSPS) is 27.1. The van der Waals surface area contributed by atoms with Crippen molar-refractivity contribution in [3.63, 3.8) is 0 Å². The second kappa shape index (κ2) is 6.09. The Morgan fingerprint density at radius 3 is 2.29 bits per heavy atom. The van der Waals surface area contributed by atoms with Gasteiger partial charge in [-0.1, -0.05) is 25.2 Å². The standard InChI is InChI=1S/C13H23N/c1-4-12-7-9-13(10-8-12)6-5-11-14(2)3/h12-13H,4,7-11H2,1-3H3. The molecule has 0 heterocycles. The average molecular weight is 193 g/mol. The summed E-state index contributed by atoms with van der Waals surface area (Å²) in [5.41, 5.74) is 0. The van der Waals surface area contributed by atoms with Gasteiger partial charge in [-0.05, 0) is 45.7 Å². The molecular weight excluding hydrogens is 170 g/mol. The lowest BCUT2D eigenvalue weighted by Crippen LogP contribution is -2.14. The van der Waals surface area contributed by atoms with E-state index >= 15 is 0 Å². The summed E-state index contributed by atoms with van der Waals surface area (Å²) in [4.78, 5) is 2.13. The monoisotopic (exact) mass is 193 g/mol. The maximum absolute atomic E-state index is 3.41. The Morgan fingerprint density at radius 1 is 1.14 bits per heavy atom. The Bertz CT molecular complexity index is 201. The van der Waals surface area contributed by atoms with Gasteiger partial charge in [0.25, 0.3) is 0 Å². The predicted octanol–water partition coefficient (Wildman–Crippen LogP) is 2.77. The zero-order valence-corrected chi connectivity index (χ0v) is 9.84. The summed E-state index contributed by atoms with van der Waals surface area (Å²) >= 11 is 0. The molecule has 0 aromatic rings. The molecule has 1 heteroatoms. The third kappa shape index (κ3) is 4.15. The van der Waals surface area contributed by atoms with Crippen LogP contribution >= 0.6 is 0 Å². The molecule has 0 saturated heterocycles. The Morgan fingerprint density at radius 2 is 1.79 bits per heavy atom. The van der Waals surface area contributed by atoms with Crippen LogP contribution in [0.15, 0.2) is 0 Å². The van der Waals surface area contributed by atoms with Crippen molar-refractivity contribution in [3.8, 4) is 11.8 Å². The summed E-state index contributed by atoms with van der Waals surface area (Å²) in [7, 11) is 4.14. The highest BCUT2D eigenvalue weighted by Crippen LogP contribution is 2.29. The van der Waals surface area contributed by atoms with Gasteiger partial charge in [-0.3, -0.25) is 4.90 Å². The molecular formula is C13H23N. The van der Waals surface area contributed by atoms with Crippen molar-refractivity contribution in [1.29, 1.82) is 0 Å². The number of hydrogen-bond donors (Lipinski definition) is 0. The van der Waals surface area contributed by atoms with E-state index in [4.69, 9.17) is 0 Å². The fraction of sp³-hybridized carbons (Fsp3) is 0.846. The van der Waals surface area contributed by atoms with Crippen LogP contribution in [0.3, 0.4) is 0 Å². The molecule has 1 nitrogen and oxygen atoms in total. The van der Waals surface area contributed by atoms with Crippen LogP contribution in [0, 0.1) is 23.7 Å². The second-order valence-electron chi connectivity index (χ2n) is 4.68. The summed E-state index contributed by atoms with van der Waals surface area (Å²) in [6.45, 7) is 3.22. The van der Waals surface area contributed by atoms with Gasteiger partial charge >= 0.3 is 0 Å². The van der Waals surface area contributed by atoms with E-state index in [1.807, 2.05) is 0 Å². The Labute approximate surface area is 88.9 Å². The number of nitrogens with zero attached hydrogens (tertiary/aromatic N) is 1. The molecule has 1 aliphatic carbocycles. The van der Waals surface area contributed by atoms with E-state index in [1.165, 1.54) is 32.1 Å². The van der Waals surface area contributed by atoms with Gasteiger partial charge in [-0.25, -0.2) is 0 Å². The van der Waals surface area contributed by atoms with E-state index in [2.05, 4.69) is 37.8 Å². The van der Waals surface area contributed by atoms with Crippen LogP contribution in [0.5, 0.6) is 0 Å². The lowest BCUT2D eigenvalue weighted by molar-refractivity contribution is 0.309. The van der Waals surface area contributed by atoms with E-state index in [0.717, 1.165) is 12.5 Å². The molecule has 0 bridgehead atoms. The van der Waals surface area contributed by atoms with Crippen LogP contribution in [0.1, 0.15) is 39.0 Å². The average Bonchev–Trinajstić information content (AvgIpc) is 2.18. The minimum atomic E-state index is 0.692. The van der Waals surface area contributed by atoms with Crippen molar-refractivity contribution in [3.05, 3.63) is 0 Å². The molecule has 0 aromatic heterocycles. The van der Waals surface area contributed by atoms with E-state index in [-0.39, 0.29) is 0 Å². The maximum atomic E-state index is 3.41. The summed E-state index contributed by atoms with van der Waals surface area (Å²) in [6, 6.07) is 0. The van der Waals surface area contributed by atoms with Crippen molar-refractivity contribution < 1.29 is 0 Å². The van der Waals surface area contributed by atoms with Crippen molar-refractivity contribution in [2.75, 3.05) is 20.6 Å². The molecule has 0 N–H and O–H groups in total. The van der Waals surface area contributed by atoms with Crippen LogP contribution in [0.2, 0.25) is 0 Å². The summed E-state index contributed by atoms with van der Waals surface area (Å²) in [6.07, 6.45) is 6.82. The van der Waals surface area contributed by atoms with Gasteiger partial charge in [-0.15, -0.1) is 0 Å². The molecule has 1 saturated carbocycles. The third-order valence-electron chi connectivity index (χ3n) is 3.13. The van der Waals surface area contributed by atoms with E-state index in [1.54, 1.807) is 0 Å². The molecule has 80 valence electrons. The molecule has 0 aromatic carbocycles. The first-order chi connectivity index (χ1) is 6.72. The van der Waals surface area contributed by atoms with Crippen LogP contribution in [-0.4, -0.2) is 25.5 Å². The van der Waals surface area contributed by atoms with Gasteiger partial charge in [-0.2, -0.15) is 0 Å². The van der Waals surface area contributed by atoms with Crippen LogP contribution in [0.4, 0.5) is 0 Å². The molecule has 0 aliphatic heterocycles. The fourth-order valence-electron chi connectivity index (χ4n) is 2.06. The van der Waals surface area contributed by atoms with Gasteiger partial charge in [0.15, 0.2) is 0 Å². The highest BCUT2D eigenvalue weighted by atomic mass is 15.0. The van der Waals surface area contributed by atoms with E-state index < -0.39 is 0 Å². The van der Waals surface area contributed by atoms with Crippen molar-refractivity contribution in [2.24, 2.45) is 11.8 Å². The number of hydrogen-bond acceptors (Lipinski definition) is 1. The van der Waals surface area contributed by atoms with E-state index in [9.17, 15) is 0 Å². The smallest absolute Gasteiger partial charge is 0.0596 e. The Hall–Kier alpha value is -0.480. The molecule has 14 heavy (non-hydrogen) atoms. The number of rotatable bonds is 2. The highest BCUT2D eigenvalue weighted by Gasteiger charge is 2.17. The first-order valence-electron chi connectivity index (χ1n) is 5.85. The lowest BCUT2D eigenvalue weighted by Gasteiger charge is -2.24. The van der Waals surface area contributed by atoms with Gasteiger partial charge in [0.05, 0.1) is 6.54 Å². The molecule has 1 fully saturated rings. The van der Waals surface area contributed by atoms with Gasteiger partial charge < -0.3 is 0 Å². The minimum absolute atomic E-state index is 0.692. The second-order valence-corrected chi connectivity index (χ2v) is 4.68. The molecule has 0 unspecified atom stereocenters. The van der Waals surface area contributed by atoms with Crippen LogP contribution in [-0.2, 0) is 0 Å². The summed E-state index contributed by atoms with van der Waals surface area (Å²) in [5.74, 6) is 8.35. The van der Waals surface area contributed by atoms with Crippen LogP contribution in [0.25, 0.3) is 0 Å². The summed E-state index contributed by atoms with van der Waals surface area (Å²) in [5, 5.41) is 0. The first-order valence-corrected chi connectivity index (χ1v) is 5.85. The van der Waals surface area contributed by atoms with Gasteiger partial charge in [0, 0.05) is 5.92 Å². The van der Waals surface area contributed by atoms with Crippen molar-refractivity contribution >= 4 is 0 Å². The van der Waals surface area contributed by atoms with Crippen molar-refractivity contribution in [1.82, 2.24) is 4.90 Å². The van der Waals surface area contributed by atoms with Gasteiger partial charge in [0.1, 0.15) is 0 Å². The SMILES string of the molecule is CCC1CCC(C#CCN(C)C)CC1. The largest absolute Gasteiger partial charge is 0.299 e.